The third kappa shape index (κ3) is 2.04. The summed E-state index contributed by atoms with van der Waals surface area (Å²) >= 11 is 0. The molecule has 1 unspecified atom stereocenters. The Balaban J connectivity index is 1.95. The van der Waals surface area contributed by atoms with E-state index in [0.29, 0.717) is 0 Å². The lowest BCUT2D eigenvalue weighted by Gasteiger charge is -2.38. The van der Waals surface area contributed by atoms with Crippen molar-refractivity contribution in [2.75, 3.05) is 19.9 Å². The molecule has 100 valence electrons. The molecule has 0 amide bonds. The number of likely N-dealkylation sites (tertiary alicyclic amines) is 1. The number of fused-ring (bicyclic) bond motifs is 1. The summed E-state index contributed by atoms with van der Waals surface area (Å²) in [7, 11) is 0. The van der Waals surface area contributed by atoms with E-state index in [2.05, 4.69) is 11.0 Å². The molecule has 0 saturated carbocycles. The van der Waals surface area contributed by atoms with Crippen molar-refractivity contribution in [1.82, 2.24) is 4.90 Å². The first-order valence-corrected chi connectivity index (χ1v) is 6.80. The Morgan fingerprint density at radius 3 is 2.63 bits per heavy atom. The zero-order chi connectivity index (χ0) is 13.3. The molecule has 0 N–H and O–H groups in total. The molecule has 0 aliphatic carbocycles. The second-order valence-electron chi connectivity index (χ2n) is 5.30. The van der Waals surface area contributed by atoms with Crippen LogP contribution in [0.1, 0.15) is 31.7 Å². The van der Waals surface area contributed by atoms with Gasteiger partial charge in [-0.15, -0.1) is 0 Å². The van der Waals surface area contributed by atoms with Crippen molar-refractivity contribution in [2.24, 2.45) is 0 Å². The molecule has 0 radical (unpaired) electrons. The minimum Gasteiger partial charge on any atom is -0.454 e. The van der Waals surface area contributed by atoms with Crippen LogP contribution in [0.15, 0.2) is 18.2 Å². The number of hydrogen-bond acceptors (Lipinski definition) is 4. The standard InChI is InChI=1S/C15H18N2O2/c1-15(10-16,17-7-3-2-4-8-17)12-5-6-13-14(9-12)19-11-18-13/h5-6,9H,2-4,7-8,11H2,1H3. The molecule has 0 spiro atoms. The molecule has 3 rings (SSSR count). The van der Waals surface area contributed by atoms with Gasteiger partial charge >= 0.3 is 0 Å². The average Bonchev–Trinajstić information content (AvgIpc) is 2.94. The highest BCUT2D eigenvalue weighted by Gasteiger charge is 2.35. The monoisotopic (exact) mass is 258 g/mol. The molecule has 2 aliphatic heterocycles. The quantitative estimate of drug-likeness (QED) is 0.818. The predicted molar refractivity (Wildman–Crippen MR) is 71.0 cm³/mol. The van der Waals surface area contributed by atoms with Gasteiger partial charge in [-0.1, -0.05) is 12.5 Å². The third-order valence-corrected chi connectivity index (χ3v) is 4.14. The average molecular weight is 258 g/mol. The van der Waals surface area contributed by atoms with E-state index in [4.69, 9.17) is 9.47 Å². The van der Waals surface area contributed by atoms with Crippen LogP contribution in [0.25, 0.3) is 0 Å². The smallest absolute Gasteiger partial charge is 0.231 e. The van der Waals surface area contributed by atoms with Crippen molar-refractivity contribution in [3.8, 4) is 17.6 Å². The van der Waals surface area contributed by atoms with Gasteiger partial charge in [-0.25, -0.2) is 0 Å². The lowest BCUT2D eigenvalue weighted by Crippen LogP contribution is -2.45. The van der Waals surface area contributed by atoms with Crippen molar-refractivity contribution >= 4 is 0 Å². The fourth-order valence-electron chi connectivity index (χ4n) is 2.86. The van der Waals surface area contributed by atoms with Crippen molar-refractivity contribution in [3.63, 3.8) is 0 Å². The second kappa shape index (κ2) is 4.75. The van der Waals surface area contributed by atoms with Gasteiger partial charge in [0.1, 0.15) is 5.54 Å². The number of ether oxygens (including phenoxy) is 2. The summed E-state index contributed by atoms with van der Waals surface area (Å²) in [6, 6.07) is 8.31. The molecular formula is C15H18N2O2. The molecular weight excluding hydrogens is 240 g/mol. The first kappa shape index (κ1) is 12.3. The zero-order valence-electron chi connectivity index (χ0n) is 11.2. The van der Waals surface area contributed by atoms with E-state index in [1.165, 1.54) is 19.3 Å². The van der Waals surface area contributed by atoms with Crippen LogP contribution in [0.2, 0.25) is 0 Å². The number of nitriles is 1. The first-order chi connectivity index (χ1) is 9.24. The molecule has 0 bridgehead atoms. The Hall–Kier alpha value is -1.73. The number of piperidine rings is 1. The van der Waals surface area contributed by atoms with Gasteiger partial charge in [-0.2, -0.15) is 5.26 Å². The van der Waals surface area contributed by atoms with E-state index in [1.807, 2.05) is 25.1 Å². The van der Waals surface area contributed by atoms with Gasteiger partial charge in [-0.05, 0) is 50.6 Å². The Morgan fingerprint density at radius 2 is 1.89 bits per heavy atom. The summed E-state index contributed by atoms with van der Waals surface area (Å²) in [6.07, 6.45) is 3.60. The van der Waals surface area contributed by atoms with E-state index in [-0.39, 0.29) is 6.79 Å². The third-order valence-electron chi connectivity index (χ3n) is 4.14. The lowest BCUT2D eigenvalue weighted by atomic mass is 9.89. The van der Waals surface area contributed by atoms with Crippen molar-refractivity contribution in [2.45, 2.75) is 31.7 Å². The molecule has 0 aromatic heterocycles. The maximum absolute atomic E-state index is 9.68. The SMILES string of the molecule is CC(C#N)(c1ccc2c(c1)OCO2)N1CCCCC1. The van der Waals surface area contributed by atoms with Crippen molar-refractivity contribution in [3.05, 3.63) is 23.8 Å². The summed E-state index contributed by atoms with van der Waals surface area (Å²) < 4.78 is 10.7. The predicted octanol–water partition coefficient (Wildman–Crippen LogP) is 2.64. The topological polar surface area (TPSA) is 45.5 Å². The van der Waals surface area contributed by atoms with Gasteiger partial charge in [0, 0.05) is 0 Å². The molecule has 2 aliphatic rings. The highest BCUT2D eigenvalue weighted by atomic mass is 16.7. The number of rotatable bonds is 2. The summed E-state index contributed by atoms with van der Waals surface area (Å²) in [4.78, 5) is 2.27. The lowest BCUT2D eigenvalue weighted by molar-refractivity contribution is 0.123. The molecule has 1 aromatic rings. The van der Waals surface area contributed by atoms with Gasteiger partial charge in [-0.3, -0.25) is 4.90 Å². The molecule has 4 nitrogen and oxygen atoms in total. The summed E-state index contributed by atoms with van der Waals surface area (Å²) in [5.41, 5.74) is 0.405. The Morgan fingerprint density at radius 1 is 1.16 bits per heavy atom. The van der Waals surface area contributed by atoms with Crippen LogP contribution >= 0.6 is 0 Å². The molecule has 1 aromatic carbocycles. The van der Waals surface area contributed by atoms with Crippen LogP contribution in [0.5, 0.6) is 11.5 Å². The van der Waals surface area contributed by atoms with Gasteiger partial charge in [0.15, 0.2) is 11.5 Å². The van der Waals surface area contributed by atoms with E-state index in [0.717, 1.165) is 30.2 Å². The van der Waals surface area contributed by atoms with E-state index in [1.54, 1.807) is 0 Å². The molecule has 1 saturated heterocycles. The van der Waals surface area contributed by atoms with Gasteiger partial charge in [0.05, 0.1) is 6.07 Å². The van der Waals surface area contributed by atoms with Crippen LogP contribution in [0.3, 0.4) is 0 Å². The Bertz CT molecular complexity index is 517. The van der Waals surface area contributed by atoms with Crippen molar-refractivity contribution < 1.29 is 9.47 Å². The van der Waals surface area contributed by atoms with Gasteiger partial charge < -0.3 is 9.47 Å². The summed E-state index contributed by atoms with van der Waals surface area (Å²) in [5, 5.41) is 9.68. The molecule has 2 heterocycles. The molecule has 1 atom stereocenters. The van der Waals surface area contributed by atoms with Crippen LogP contribution < -0.4 is 9.47 Å². The summed E-state index contributed by atoms with van der Waals surface area (Å²) in [6.45, 7) is 4.23. The first-order valence-electron chi connectivity index (χ1n) is 6.80. The largest absolute Gasteiger partial charge is 0.454 e. The Kier molecular flexibility index (Phi) is 3.08. The van der Waals surface area contributed by atoms with Crippen LogP contribution in [0.4, 0.5) is 0 Å². The van der Waals surface area contributed by atoms with E-state index < -0.39 is 5.54 Å². The molecule has 19 heavy (non-hydrogen) atoms. The van der Waals surface area contributed by atoms with Crippen LogP contribution in [0, 0.1) is 11.3 Å². The van der Waals surface area contributed by atoms with Gasteiger partial charge in [0.2, 0.25) is 6.79 Å². The van der Waals surface area contributed by atoms with E-state index in [9.17, 15) is 5.26 Å². The van der Waals surface area contributed by atoms with Gasteiger partial charge in [0.25, 0.3) is 0 Å². The number of benzene rings is 1. The zero-order valence-corrected chi connectivity index (χ0v) is 11.2. The summed E-state index contributed by atoms with van der Waals surface area (Å²) in [5.74, 6) is 1.51. The maximum Gasteiger partial charge on any atom is 0.231 e. The fourth-order valence-corrected chi connectivity index (χ4v) is 2.86. The maximum atomic E-state index is 9.68. The van der Waals surface area contributed by atoms with Crippen molar-refractivity contribution in [1.29, 1.82) is 5.26 Å². The highest BCUT2D eigenvalue weighted by molar-refractivity contribution is 5.47. The highest BCUT2D eigenvalue weighted by Crippen LogP contribution is 2.38. The molecule has 1 fully saturated rings. The minimum atomic E-state index is -0.582. The molecule has 4 heteroatoms. The minimum absolute atomic E-state index is 0.270. The van der Waals surface area contributed by atoms with Crippen LogP contribution in [-0.2, 0) is 5.54 Å². The second-order valence-corrected chi connectivity index (χ2v) is 5.30. The fraction of sp³-hybridized carbons (Fsp3) is 0.533. The number of nitrogens with zero attached hydrogens (tertiary/aromatic N) is 2. The Labute approximate surface area is 113 Å². The van der Waals surface area contributed by atoms with Crippen LogP contribution in [-0.4, -0.2) is 24.8 Å². The van der Waals surface area contributed by atoms with E-state index >= 15 is 0 Å². The number of hydrogen-bond donors (Lipinski definition) is 0. The normalized spacial score (nSPS) is 21.7.